The van der Waals surface area contributed by atoms with Crippen LogP contribution in [0.4, 0.5) is 11.4 Å². The largest absolute Gasteiger partial charge is 0.449 e. The molecule has 26 heavy (non-hydrogen) atoms. The molecule has 0 radical (unpaired) electrons. The van der Waals surface area contributed by atoms with E-state index >= 15 is 0 Å². The highest BCUT2D eigenvalue weighted by Gasteiger charge is 2.22. The quantitative estimate of drug-likeness (QED) is 0.458. The summed E-state index contributed by atoms with van der Waals surface area (Å²) in [6.45, 7) is 3.22. The molecule has 0 bridgehead atoms. The van der Waals surface area contributed by atoms with Crippen molar-refractivity contribution in [2.24, 2.45) is 0 Å². The Bertz CT molecular complexity index is 885. The zero-order chi connectivity index (χ0) is 19.4. The van der Waals surface area contributed by atoms with Crippen LogP contribution in [0.5, 0.6) is 0 Å². The minimum absolute atomic E-state index is 0.0738. The number of aryl methyl sites for hydroxylation is 1. The Balaban J connectivity index is 2.05. The first-order valence-electron chi connectivity index (χ1n) is 7.41. The molecule has 2 aromatic carbocycles. The van der Waals surface area contributed by atoms with Gasteiger partial charge >= 0.3 is 5.97 Å². The lowest BCUT2D eigenvalue weighted by Gasteiger charge is -2.14. The molecule has 0 aliphatic heterocycles. The van der Waals surface area contributed by atoms with E-state index in [-0.39, 0.29) is 16.3 Å². The topological polar surface area (TPSA) is 98.5 Å². The standard InChI is InChI=1S/C17H14Cl2N2O5/c1-9-3-4-11(7-14(9)18)20-16(22)10(2)26-17(23)13-6-5-12(21(24)25)8-15(13)19/h3-8,10H,1-2H3,(H,20,22). The van der Waals surface area contributed by atoms with Gasteiger partial charge in [0, 0.05) is 22.8 Å². The first-order chi connectivity index (χ1) is 12.2. The lowest BCUT2D eigenvalue weighted by molar-refractivity contribution is -0.384. The number of hydrogen-bond acceptors (Lipinski definition) is 5. The number of amides is 1. The minimum Gasteiger partial charge on any atom is -0.449 e. The van der Waals surface area contributed by atoms with Gasteiger partial charge in [0.2, 0.25) is 0 Å². The van der Waals surface area contributed by atoms with Crippen molar-refractivity contribution in [3.05, 3.63) is 67.7 Å². The second-order valence-electron chi connectivity index (χ2n) is 5.42. The third-order valence-corrected chi connectivity index (χ3v) is 4.20. The molecule has 0 aliphatic rings. The van der Waals surface area contributed by atoms with E-state index in [1.807, 2.05) is 6.92 Å². The summed E-state index contributed by atoms with van der Waals surface area (Å²) in [6, 6.07) is 8.33. The van der Waals surface area contributed by atoms with Crippen molar-refractivity contribution in [2.75, 3.05) is 5.32 Å². The molecule has 0 aliphatic carbocycles. The summed E-state index contributed by atoms with van der Waals surface area (Å²) in [5.74, 6) is -1.43. The van der Waals surface area contributed by atoms with Gasteiger partial charge in [-0.2, -0.15) is 0 Å². The molecule has 0 saturated heterocycles. The van der Waals surface area contributed by atoms with Crippen LogP contribution in [0.25, 0.3) is 0 Å². The lowest BCUT2D eigenvalue weighted by Crippen LogP contribution is -2.30. The number of halogens is 2. The van der Waals surface area contributed by atoms with E-state index in [9.17, 15) is 19.7 Å². The molecule has 2 rings (SSSR count). The van der Waals surface area contributed by atoms with Crippen LogP contribution in [0.1, 0.15) is 22.8 Å². The maximum absolute atomic E-state index is 12.2. The molecule has 0 heterocycles. The normalized spacial score (nSPS) is 11.5. The number of hydrogen-bond donors (Lipinski definition) is 1. The predicted molar refractivity (Wildman–Crippen MR) is 97.8 cm³/mol. The molecule has 1 N–H and O–H groups in total. The molecule has 0 fully saturated rings. The monoisotopic (exact) mass is 396 g/mol. The van der Waals surface area contributed by atoms with Gasteiger partial charge < -0.3 is 10.1 Å². The molecule has 1 amide bonds. The maximum atomic E-state index is 12.2. The Labute approximate surface area is 159 Å². The van der Waals surface area contributed by atoms with E-state index in [2.05, 4.69) is 5.32 Å². The van der Waals surface area contributed by atoms with Crippen LogP contribution < -0.4 is 5.32 Å². The Morgan fingerprint density at radius 2 is 1.85 bits per heavy atom. The molecular formula is C17H14Cl2N2O5. The van der Waals surface area contributed by atoms with Crippen LogP contribution in [0, 0.1) is 17.0 Å². The fourth-order valence-corrected chi connectivity index (χ4v) is 2.41. The highest BCUT2D eigenvalue weighted by Crippen LogP contribution is 2.24. The van der Waals surface area contributed by atoms with Crippen molar-refractivity contribution in [1.82, 2.24) is 0 Å². The maximum Gasteiger partial charge on any atom is 0.340 e. The fourth-order valence-electron chi connectivity index (χ4n) is 1.98. The number of nitro benzene ring substituents is 1. The summed E-state index contributed by atoms with van der Waals surface area (Å²) < 4.78 is 5.07. The third kappa shape index (κ3) is 4.71. The molecular weight excluding hydrogens is 383 g/mol. The minimum atomic E-state index is -1.12. The summed E-state index contributed by atoms with van der Waals surface area (Å²) in [5, 5.41) is 13.6. The number of anilines is 1. The molecule has 136 valence electrons. The number of non-ortho nitro benzene ring substituents is 1. The lowest BCUT2D eigenvalue weighted by atomic mass is 10.2. The van der Waals surface area contributed by atoms with Crippen molar-refractivity contribution in [3.8, 4) is 0 Å². The predicted octanol–water partition coefficient (Wildman–Crippen LogP) is 4.39. The first-order valence-corrected chi connectivity index (χ1v) is 8.16. The number of carbonyl (C=O) groups excluding carboxylic acids is 2. The van der Waals surface area contributed by atoms with Crippen molar-refractivity contribution in [2.45, 2.75) is 20.0 Å². The molecule has 0 spiro atoms. The average molecular weight is 397 g/mol. The summed E-state index contributed by atoms with van der Waals surface area (Å²) in [4.78, 5) is 34.3. The number of benzene rings is 2. The number of esters is 1. The van der Waals surface area contributed by atoms with Crippen LogP contribution >= 0.6 is 23.2 Å². The van der Waals surface area contributed by atoms with Gasteiger partial charge in [0.25, 0.3) is 11.6 Å². The molecule has 2 aromatic rings. The van der Waals surface area contributed by atoms with Crippen molar-refractivity contribution in [3.63, 3.8) is 0 Å². The first kappa shape index (κ1) is 19.7. The average Bonchev–Trinajstić information content (AvgIpc) is 2.57. The fraction of sp³-hybridized carbons (Fsp3) is 0.176. The Kier molecular flexibility index (Phi) is 6.18. The number of nitrogens with one attached hydrogen (secondary N) is 1. The number of carbonyl (C=O) groups is 2. The van der Waals surface area contributed by atoms with Gasteiger partial charge in [0.15, 0.2) is 6.10 Å². The molecule has 0 aromatic heterocycles. The zero-order valence-corrected chi connectivity index (χ0v) is 15.3. The second-order valence-corrected chi connectivity index (χ2v) is 6.24. The summed E-state index contributed by atoms with van der Waals surface area (Å²) in [5.41, 5.74) is 0.989. The zero-order valence-electron chi connectivity index (χ0n) is 13.8. The van der Waals surface area contributed by atoms with Gasteiger partial charge in [-0.15, -0.1) is 0 Å². The molecule has 7 nitrogen and oxygen atoms in total. The number of nitro groups is 1. The van der Waals surface area contributed by atoms with E-state index in [0.29, 0.717) is 10.7 Å². The number of rotatable bonds is 5. The van der Waals surface area contributed by atoms with Crippen LogP contribution in [0.3, 0.4) is 0 Å². The van der Waals surface area contributed by atoms with Crippen molar-refractivity contribution in [1.29, 1.82) is 0 Å². The van der Waals surface area contributed by atoms with E-state index in [1.165, 1.54) is 13.0 Å². The Morgan fingerprint density at radius 3 is 2.42 bits per heavy atom. The smallest absolute Gasteiger partial charge is 0.340 e. The van der Waals surface area contributed by atoms with Crippen molar-refractivity contribution < 1.29 is 19.2 Å². The summed E-state index contributed by atoms with van der Waals surface area (Å²) in [7, 11) is 0. The number of nitrogens with zero attached hydrogens (tertiary/aromatic N) is 1. The van der Waals surface area contributed by atoms with Gasteiger partial charge in [0.1, 0.15) is 0 Å². The van der Waals surface area contributed by atoms with Gasteiger partial charge in [-0.3, -0.25) is 14.9 Å². The third-order valence-electron chi connectivity index (χ3n) is 3.48. The molecule has 1 atom stereocenters. The van der Waals surface area contributed by atoms with Crippen molar-refractivity contribution >= 4 is 46.5 Å². The molecule has 0 saturated carbocycles. The SMILES string of the molecule is Cc1ccc(NC(=O)C(C)OC(=O)c2ccc([N+](=O)[O-])cc2Cl)cc1Cl. The Morgan fingerprint density at radius 1 is 1.15 bits per heavy atom. The van der Waals surface area contributed by atoms with E-state index in [4.69, 9.17) is 27.9 Å². The van der Waals surface area contributed by atoms with Gasteiger partial charge in [-0.05, 0) is 37.6 Å². The highest BCUT2D eigenvalue weighted by molar-refractivity contribution is 6.33. The van der Waals surface area contributed by atoms with Crippen LogP contribution in [-0.4, -0.2) is 22.9 Å². The number of ether oxygens (including phenoxy) is 1. The van der Waals surface area contributed by atoms with Crippen LogP contribution in [0.15, 0.2) is 36.4 Å². The van der Waals surface area contributed by atoms with Gasteiger partial charge in [-0.25, -0.2) is 4.79 Å². The molecule has 1 unspecified atom stereocenters. The highest BCUT2D eigenvalue weighted by atomic mass is 35.5. The summed E-state index contributed by atoms with van der Waals surface area (Å²) >= 11 is 11.9. The van der Waals surface area contributed by atoms with E-state index < -0.39 is 22.9 Å². The van der Waals surface area contributed by atoms with Gasteiger partial charge in [0.05, 0.1) is 15.5 Å². The van der Waals surface area contributed by atoms with E-state index in [0.717, 1.165) is 17.7 Å². The van der Waals surface area contributed by atoms with E-state index in [1.54, 1.807) is 18.2 Å². The van der Waals surface area contributed by atoms with Crippen LogP contribution in [0.2, 0.25) is 10.0 Å². The Hall–Kier alpha value is -2.64. The van der Waals surface area contributed by atoms with Gasteiger partial charge in [-0.1, -0.05) is 29.3 Å². The second kappa shape index (κ2) is 8.16. The van der Waals surface area contributed by atoms with Crippen LogP contribution in [-0.2, 0) is 9.53 Å². The summed E-state index contributed by atoms with van der Waals surface area (Å²) in [6.07, 6.45) is -1.12. The molecule has 9 heteroatoms.